The lowest BCUT2D eigenvalue weighted by molar-refractivity contribution is 0.413. The summed E-state index contributed by atoms with van der Waals surface area (Å²) in [5, 5.41) is 13.2. The van der Waals surface area contributed by atoms with Gasteiger partial charge in [0, 0.05) is 12.1 Å². The van der Waals surface area contributed by atoms with E-state index < -0.39 is 0 Å². The van der Waals surface area contributed by atoms with E-state index in [-0.39, 0.29) is 12.1 Å². The molecule has 0 aliphatic heterocycles. The molecule has 3 heteroatoms. The van der Waals surface area contributed by atoms with Crippen molar-refractivity contribution in [2.75, 3.05) is 7.11 Å². The van der Waals surface area contributed by atoms with Gasteiger partial charge < -0.3 is 15.2 Å². The Morgan fingerprint density at radius 1 is 1.10 bits per heavy atom. The standard InChI is InChI=1S/C18H23NO2/c1-4-18(14-8-10-17(21-3)11-9-14)19-13(2)15-6-5-7-16(20)12-15/h5-13,18-20H,4H2,1-3H3. The van der Waals surface area contributed by atoms with E-state index in [0.717, 1.165) is 17.7 Å². The SMILES string of the molecule is CCC(NC(C)c1cccc(O)c1)c1ccc(OC)cc1. The van der Waals surface area contributed by atoms with Crippen molar-refractivity contribution in [2.24, 2.45) is 0 Å². The summed E-state index contributed by atoms with van der Waals surface area (Å²) in [6.07, 6.45) is 0.996. The minimum Gasteiger partial charge on any atom is -0.508 e. The maximum Gasteiger partial charge on any atom is 0.118 e. The molecular weight excluding hydrogens is 262 g/mol. The van der Waals surface area contributed by atoms with E-state index in [9.17, 15) is 5.11 Å². The number of rotatable bonds is 6. The zero-order valence-corrected chi connectivity index (χ0v) is 12.8. The van der Waals surface area contributed by atoms with Crippen LogP contribution >= 0.6 is 0 Å². The van der Waals surface area contributed by atoms with Crippen LogP contribution in [0.2, 0.25) is 0 Å². The van der Waals surface area contributed by atoms with Gasteiger partial charge in [-0.25, -0.2) is 0 Å². The fraction of sp³-hybridized carbons (Fsp3) is 0.333. The van der Waals surface area contributed by atoms with E-state index in [1.165, 1.54) is 5.56 Å². The van der Waals surface area contributed by atoms with Crippen molar-refractivity contribution in [1.29, 1.82) is 0 Å². The first kappa shape index (κ1) is 15.4. The second-order valence-corrected chi connectivity index (χ2v) is 5.22. The number of ether oxygens (including phenoxy) is 1. The highest BCUT2D eigenvalue weighted by Crippen LogP contribution is 2.25. The molecule has 2 aromatic carbocycles. The second-order valence-electron chi connectivity index (χ2n) is 5.22. The molecule has 3 nitrogen and oxygen atoms in total. The van der Waals surface area contributed by atoms with Crippen LogP contribution in [0.15, 0.2) is 48.5 Å². The van der Waals surface area contributed by atoms with Gasteiger partial charge in [0.1, 0.15) is 11.5 Å². The van der Waals surface area contributed by atoms with Crippen molar-refractivity contribution >= 4 is 0 Å². The van der Waals surface area contributed by atoms with Crippen LogP contribution in [0, 0.1) is 0 Å². The number of nitrogens with one attached hydrogen (secondary N) is 1. The highest BCUT2D eigenvalue weighted by molar-refractivity contribution is 5.31. The molecule has 0 radical (unpaired) electrons. The van der Waals surface area contributed by atoms with E-state index >= 15 is 0 Å². The summed E-state index contributed by atoms with van der Waals surface area (Å²) in [6, 6.07) is 16.0. The third kappa shape index (κ3) is 3.99. The zero-order valence-electron chi connectivity index (χ0n) is 12.8. The highest BCUT2D eigenvalue weighted by Gasteiger charge is 2.14. The van der Waals surface area contributed by atoms with Gasteiger partial charge in [-0.1, -0.05) is 31.2 Å². The summed E-state index contributed by atoms with van der Waals surface area (Å²) in [5.41, 5.74) is 2.33. The van der Waals surface area contributed by atoms with Gasteiger partial charge in [-0.15, -0.1) is 0 Å². The van der Waals surface area contributed by atoms with Crippen molar-refractivity contribution in [1.82, 2.24) is 5.32 Å². The van der Waals surface area contributed by atoms with Gasteiger partial charge in [0.15, 0.2) is 0 Å². The lowest BCUT2D eigenvalue weighted by atomic mass is 10.0. The fourth-order valence-electron chi connectivity index (χ4n) is 2.48. The van der Waals surface area contributed by atoms with E-state index in [1.807, 2.05) is 24.3 Å². The van der Waals surface area contributed by atoms with E-state index in [2.05, 4.69) is 31.3 Å². The molecule has 0 aliphatic carbocycles. The first-order valence-electron chi connectivity index (χ1n) is 7.33. The third-order valence-electron chi connectivity index (χ3n) is 3.75. The molecule has 0 aliphatic rings. The second kappa shape index (κ2) is 7.14. The largest absolute Gasteiger partial charge is 0.508 e. The molecule has 0 amide bonds. The number of hydrogen-bond acceptors (Lipinski definition) is 3. The molecule has 2 unspecified atom stereocenters. The van der Waals surface area contributed by atoms with E-state index in [4.69, 9.17) is 4.74 Å². The number of methoxy groups -OCH3 is 1. The maximum absolute atomic E-state index is 9.59. The molecule has 0 fully saturated rings. The molecule has 0 spiro atoms. The number of phenols is 1. The molecular formula is C18H23NO2. The molecule has 2 atom stereocenters. The Kier molecular flexibility index (Phi) is 5.23. The van der Waals surface area contributed by atoms with Crippen LogP contribution in [0.25, 0.3) is 0 Å². The van der Waals surface area contributed by atoms with Gasteiger partial charge >= 0.3 is 0 Å². The summed E-state index contributed by atoms with van der Waals surface area (Å²) >= 11 is 0. The van der Waals surface area contributed by atoms with Crippen molar-refractivity contribution < 1.29 is 9.84 Å². The average molecular weight is 285 g/mol. The lowest BCUT2D eigenvalue weighted by Crippen LogP contribution is -2.24. The molecule has 2 aromatic rings. The summed E-state index contributed by atoms with van der Waals surface area (Å²) < 4.78 is 5.20. The Labute approximate surface area is 126 Å². The first-order valence-corrected chi connectivity index (χ1v) is 7.33. The number of phenolic OH excluding ortho intramolecular Hbond substituents is 1. The molecule has 21 heavy (non-hydrogen) atoms. The van der Waals surface area contributed by atoms with Crippen LogP contribution in [-0.4, -0.2) is 12.2 Å². The van der Waals surface area contributed by atoms with Gasteiger partial charge in [0.2, 0.25) is 0 Å². The predicted molar refractivity (Wildman–Crippen MR) is 85.7 cm³/mol. The molecule has 2 rings (SSSR count). The quantitative estimate of drug-likeness (QED) is 0.835. The summed E-state index contributed by atoms with van der Waals surface area (Å²) in [7, 11) is 1.68. The van der Waals surface area contributed by atoms with Crippen LogP contribution in [-0.2, 0) is 0 Å². The Balaban J connectivity index is 2.10. The first-order chi connectivity index (χ1) is 10.1. The predicted octanol–water partition coefficient (Wildman–Crippen LogP) is 4.20. The summed E-state index contributed by atoms with van der Waals surface area (Å²) in [5.74, 6) is 1.17. The Morgan fingerprint density at radius 2 is 1.81 bits per heavy atom. The monoisotopic (exact) mass is 285 g/mol. The molecule has 0 saturated heterocycles. The van der Waals surface area contributed by atoms with Crippen molar-refractivity contribution in [3.05, 3.63) is 59.7 Å². The van der Waals surface area contributed by atoms with E-state index in [0.29, 0.717) is 5.75 Å². The normalized spacial score (nSPS) is 13.7. The minimum absolute atomic E-state index is 0.171. The van der Waals surface area contributed by atoms with Crippen LogP contribution in [0.5, 0.6) is 11.5 Å². The smallest absolute Gasteiger partial charge is 0.118 e. The topological polar surface area (TPSA) is 41.5 Å². The van der Waals surface area contributed by atoms with Crippen molar-refractivity contribution in [3.8, 4) is 11.5 Å². The Bertz CT molecular complexity index is 566. The fourth-order valence-corrected chi connectivity index (χ4v) is 2.48. The maximum atomic E-state index is 9.59. The molecule has 0 aromatic heterocycles. The third-order valence-corrected chi connectivity index (χ3v) is 3.75. The van der Waals surface area contributed by atoms with Crippen LogP contribution in [0.3, 0.4) is 0 Å². The zero-order chi connectivity index (χ0) is 15.2. The van der Waals surface area contributed by atoms with Gasteiger partial charge in [-0.2, -0.15) is 0 Å². The Morgan fingerprint density at radius 3 is 2.38 bits per heavy atom. The van der Waals surface area contributed by atoms with Gasteiger partial charge in [-0.05, 0) is 48.7 Å². The summed E-state index contributed by atoms with van der Waals surface area (Å²) in [4.78, 5) is 0. The minimum atomic E-state index is 0.171. The number of hydrogen-bond donors (Lipinski definition) is 2. The van der Waals surface area contributed by atoms with Gasteiger partial charge in [0.25, 0.3) is 0 Å². The molecule has 112 valence electrons. The number of aromatic hydroxyl groups is 1. The number of benzene rings is 2. The van der Waals surface area contributed by atoms with Crippen molar-refractivity contribution in [3.63, 3.8) is 0 Å². The lowest BCUT2D eigenvalue weighted by Gasteiger charge is -2.23. The van der Waals surface area contributed by atoms with Gasteiger partial charge in [0.05, 0.1) is 7.11 Å². The van der Waals surface area contributed by atoms with Gasteiger partial charge in [-0.3, -0.25) is 0 Å². The van der Waals surface area contributed by atoms with Crippen LogP contribution in [0.1, 0.15) is 43.5 Å². The Hall–Kier alpha value is -2.00. The highest BCUT2D eigenvalue weighted by atomic mass is 16.5. The average Bonchev–Trinajstić information content (AvgIpc) is 2.52. The van der Waals surface area contributed by atoms with Crippen molar-refractivity contribution in [2.45, 2.75) is 32.4 Å². The van der Waals surface area contributed by atoms with E-state index in [1.54, 1.807) is 19.2 Å². The van der Waals surface area contributed by atoms with Crippen LogP contribution < -0.4 is 10.1 Å². The molecule has 0 heterocycles. The molecule has 2 N–H and O–H groups in total. The molecule has 0 saturated carbocycles. The van der Waals surface area contributed by atoms with Crippen LogP contribution in [0.4, 0.5) is 0 Å². The molecule has 0 bridgehead atoms. The summed E-state index contributed by atoms with van der Waals surface area (Å²) in [6.45, 7) is 4.28.